The van der Waals surface area contributed by atoms with E-state index in [1.165, 1.54) is 23.8 Å². The third kappa shape index (κ3) is 2.24. The molecule has 1 fully saturated rings. The van der Waals surface area contributed by atoms with E-state index in [1.807, 2.05) is 0 Å². The van der Waals surface area contributed by atoms with Crippen LogP contribution in [0.15, 0.2) is 30.3 Å². The van der Waals surface area contributed by atoms with E-state index in [9.17, 15) is 0 Å². The highest BCUT2D eigenvalue weighted by Crippen LogP contribution is 2.27. The van der Waals surface area contributed by atoms with E-state index in [0.29, 0.717) is 4.83 Å². The fraction of sp³-hybridized carbons (Fsp3) is 0.400. The van der Waals surface area contributed by atoms with Crippen molar-refractivity contribution in [2.45, 2.75) is 24.6 Å². The molecule has 3 rings (SSSR count). The third-order valence-corrected chi connectivity index (χ3v) is 4.53. The van der Waals surface area contributed by atoms with Crippen LogP contribution in [0.3, 0.4) is 0 Å². The number of anilines is 1. The minimum Gasteiger partial charge on any atom is -0.356 e. The fourth-order valence-electron chi connectivity index (χ4n) is 2.59. The van der Waals surface area contributed by atoms with Gasteiger partial charge >= 0.3 is 0 Å². The molecule has 0 aliphatic carbocycles. The molecule has 0 atom stereocenters. The van der Waals surface area contributed by atoms with Crippen LogP contribution < -0.4 is 4.90 Å². The number of benzene rings is 1. The second kappa shape index (κ2) is 4.88. The lowest BCUT2D eigenvalue weighted by molar-refractivity contribution is 0.592. The average molecular weight is 305 g/mol. The Bertz CT molecular complexity index is 559. The van der Waals surface area contributed by atoms with Gasteiger partial charge in [0.1, 0.15) is 5.82 Å². The molecule has 1 aromatic carbocycles. The lowest BCUT2D eigenvalue weighted by Gasteiger charge is -2.31. The van der Waals surface area contributed by atoms with Crippen molar-refractivity contribution < 1.29 is 0 Å². The van der Waals surface area contributed by atoms with Crippen LogP contribution in [0.5, 0.6) is 0 Å². The summed E-state index contributed by atoms with van der Waals surface area (Å²) in [6.45, 7) is 4.36. The van der Waals surface area contributed by atoms with Gasteiger partial charge in [0.25, 0.3) is 0 Å². The molecule has 0 N–H and O–H groups in total. The minimum absolute atomic E-state index is 0.675. The molecule has 3 heteroatoms. The van der Waals surface area contributed by atoms with Gasteiger partial charge in [0.05, 0.1) is 5.52 Å². The van der Waals surface area contributed by atoms with Crippen LogP contribution in [0.2, 0.25) is 0 Å². The highest BCUT2D eigenvalue weighted by atomic mass is 79.9. The van der Waals surface area contributed by atoms with Crippen molar-refractivity contribution in [3.8, 4) is 0 Å². The van der Waals surface area contributed by atoms with E-state index in [4.69, 9.17) is 4.98 Å². The van der Waals surface area contributed by atoms with Crippen molar-refractivity contribution >= 4 is 32.7 Å². The van der Waals surface area contributed by atoms with Gasteiger partial charge in [-0.05, 0) is 37.5 Å². The first-order valence-electron chi connectivity index (χ1n) is 6.49. The maximum absolute atomic E-state index is 4.83. The molecule has 2 aromatic rings. The number of fused-ring (bicyclic) bond motifs is 1. The van der Waals surface area contributed by atoms with E-state index < -0.39 is 0 Å². The average Bonchev–Trinajstić information content (AvgIpc) is 2.39. The molecule has 0 spiro atoms. The molecule has 1 aliphatic rings. The molecule has 0 bridgehead atoms. The number of nitrogens with zero attached hydrogens (tertiary/aromatic N) is 2. The highest BCUT2D eigenvalue weighted by Gasteiger charge is 2.19. The van der Waals surface area contributed by atoms with Crippen LogP contribution in [0.25, 0.3) is 10.9 Å². The Morgan fingerprint density at radius 3 is 2.72 bits per heavy atom. The molecule has 1 aliphatic heterocycles. The Balaban J connectivity index is 1.98. The second-order valence-electron chi connectivity index (χ2n) is 4.98. The maximum atomic E-state index is 4.83. The van der Waals surface area contributed by atoms with Crippen LogP contribution in [0.4, 0.5) is 5.82 Å². The summed E-state index contributed by atoms with van der Waals surface area (Å²) in [4.78, 5) is 7.93. The molecule has 0 unspecified atom stereocenters. The predicted molar refractivity (Wildman–Crippen MR) is 80.6 cm³/mol. The molecule has 1 aromatic heterocycles. The number of aromatic nitrogens is 1. The summed E-state index contributed by atoms with van der Waals surface area (Å²) >= 11 is 3.70. The Labute approximate surface area is 116 Å². The topological polar surface area (TPSA) is 16.1 Å². The first kappa shape index (κ1) is 12.0. The van der Waals surface area contributed by atoms with Gasteiger partial charge in [-0.3, -0.25) is 0 Å². The lowest BCUT2D eigenvalue weighted by Crippen LogP contribution is -2.34. The summed E-state index contributed by atoms with van der Waals surface area (Å²) in [6, 6.07) is 10.6. The number of pyridine rings is 1. The van der Waals surface area contributed by atoms with E-state index >= 15 is 0 Å². The zero-order chi connectivity index (χ0) is 12.5. The molecule has 1 saturated heterocycles. The van der Waals surface area contributed by atoms with Gasteiger partial charge in [-0.15, -0.1) is 0 Å². The molecule has 0 radical (unpaired) electrons. The van der Waals surface area contributed by atoms with Gasteiger partial charge in [0, 0.05) is 23.3 Å². The first-order valence-corrected chi connectivity index (χ1v) is 7.41. The monoisotopic (exact) mass is 304 g/mol. The molecule has 18 heavy (non-hydrogen) atoms. The van der Waals surface area contributed by atoms with Crippen molar-refractivity contribution in [1.82, 2.24) is 4.98 Å². The van der Waals surface area contributed by atoms with Crippen LogP contribution in [0.1, 0.15) is 18.4 Å². The number of hydrogen-bond acceptors (Lipinski definition) is 2. The zero-order valence-corrected chi connectivity index (χ0v) is 12.2. The van der Waals surface area contributed by atoms with Gasteiger partial charge in [-0.1, -0.05) is 34.1 Å². The summed E-state index contributed by atoms with van der Waals surface area (Å²) in [5, 5.41) is 1.23. The Morgan fingerprint density at radius 1 is 1.22 bits per heavy atom. The van der Waals surface area contributed by atoms with Crippen molar-refractivity contribution in [1.29, 1.82) is 0 Å². The molecule has 94 valence electrons. The standard InChI is InChI=1S/C15H17BrN2/c1-11-10-12-4-2-3-5-14(12)17-15(11)18-8-6-13(16)7-9-18/h2-5,10,13H,6-9H2,1H3. The maximum Gasteiger partial charge on any atom is 0.132 e. The van der Waals surface area contributed by atoms with Crippen LogP contribution in [-0.4, -0.2) is 22.9 Å². The van der Waals surface area contributed by atoms with Crippen molar-refractivity contribution in [3.05, 3.63) is 35.9 Å². The Morgan fingerprint density at radius 2 is 1.94 bits per heavy atom. The van der Waals surface area contributed by atoms with Gasteiger partial charge in [-0.2, -0.15) is 0 Å². The number of alkyl halides is 1. The summed E-state index contributed by atoms with van der Waals surface area (Å²) in [6.07, 6.45) is 2.40. The summed E-state index contributed by atoms with van der Waals surface area (Å²) in [5.74, 6) is 1.16. The quantitative estimate of drug-likeness (QED) is 0.743. The van der Waals surface area contributed by atoms with Crippen molar-refractivity contribution in [2.75, 3.05) is 18.0 Å². The number of halogens is 1. The Kier molecular flexibility index (Phi) is 3.25. The summed E-state index contributed by atoms with van der Waals surface area (Å²) in [7, 11) is 0. The smallest absolute Gasteiger partial charge is 0.132 e. The predicted octanol–water partition coefficient (Wildman–Crippen LogP) is 3.91. The molecule has 2 heterocycles. The van der Waals surface area contributed by atoms with Gasteiger partial charge in [-0.25, -0.2) is 4.98 Å². The molecule has 2 nitrogen and oxygen atoms in total. The van der Waals surface area contributed by atoms with E-state index in [2.05, 4.69) is 58.1 Å². The normalized spacial score (nSPS) is 17.3. The van der Waals surface area contributed by atoms with Gasteiger partial charge < -0.3 is 4.90 Å². The molecule has 0 saturated carbocycles. The highest BCUT2D eigenvalue weighted by molar-refractivity contribution is 9.09. The number of aryl methyl sites for hydroxylation is 1. The zero-order valence-electron chi connectivity index (χ0n) is 10.6. The van der Waals surface area contributed by atoms with Gasteiger partial charge in [0.15, 0.2) is 0 Å². The third-order valence-electron chi connectivity index (χ3n) is 3.61. The van der Waals surface area contributed by atoms with E-state index in [0.717, 1.165) is 24.4 Å². The van der Waals surface area contributed by atoms with E-state index in [1.54, 1.807) is 0 Å². The van der Waals surface area contributed by atoms with Crippen LogP contribution in [-0.2, 0) is 0 Å². The fourth-order valence-corrected chi connectivity index (χ4v) is 3.00. The largest absolute Gasteiger partial charge is 0.356 e. The first-order chi connectivity index (χ1) is 8.74. The second-order valence-corrected chi connectivity index (χ2v) is 6.28. The van der Waals surface area contributed by atoms with Gasteiger partial charge in [0.2, 0.25) is 0 Å². The summed E-state index contributed by atoms with van der Waals surface area (Å²) < 4.78 is 0. The minimum atomic E-state index is 0.675. The number of piperidine rings is 1. The molecular weight excluding hydrogens is 288 g/mol. The van der Waals surface area contributed by atoms with Crippen molar-refractivity contribution in [3.63, 3.8) is 0 Å². The summed E-state index contributed by atoms with van der Waals surface area (Å²) in [5.41, 5.74) is 2.38. The number of hydrogen-bond donors (Lipinski definition) is 0. The number of rotatable bonds is 1. The molecule has 0 amide bonds. The molecular formula is C15H17BrN2. The number of para-hydroxylation sites is 1. The lowest BCUT2D eigenvalue weighted by atomic mass is 10.1. The van der Waals surface area contributed by atoms with Crippen LogP contribution >= 0.6 is 15.9 Å². The van der Waals surface area contributed by atoms with Crippen LogP contribution in [0, 0.1) is 6.92 Å². The Hall–Kier alpha value is -1.09. The van der Waals surface area contributed by atoms with Crippen molar-refractivity contribution in [2.24, 2.45) is 0 Å². The SMILES string of the molecule is Cc1cc2ccccc2nc1N1CCC(Br)CC1. The van der Waals surface area contributed by atoms with E-state index in [-0.39, 0.29) is 0 Å².